The van der Waals surface area contributed by atoms with E-state index in [0.717, 1.165) is 16.6 Å². The van der Waals surface area contributed by atoms with E-state index < -0.39 is 8.24 Å². The number of nitrogens with zero attached hydrogens (tertiary/aromatic N) is 1. The Morgan fingerprint density at radius 1 is 0.696 bits per heavy atom. The molecule has 0 aliphatic rings. The number of aromatic nitrogens is 1. The number of rotatable bonds is 6. The molecule has 2 rings (SSSR count). The SMILES string of the molecule is CC(c1ccccc1)c1ccn([Si](C(C)C)(C(C)C)C(C)C)c1. The van der Waals surface area contributed by atoms with Crippen molar-refractivity contribution in [3.63, 3.8) is 0 Å². The third-order valence-electron chi connectivity index (χ3n) is 5.74. The Morgan fingerprint density at radius 2 is 1.22 bits per heavy atom. The van der Waals surface area contributed by atoms with Gasteiger partial charge in [-0.3, -0.25) is 0 Å². The van der Waals surface area contributed by atoms with Crippen molar-refractivity contribution in [3.05, 3.63) is 59.9 Å². The van der Waals surface area contributed by atoms with Gasteiger partial charge in [0.2, 0.25) is 0 Å². The summed E-state index contributed by atoms with van der Waals surface area (Å²) < 4.78 is 2.64. The number of hydrogen-bond donors (Lipinski definition) is 0. The van der Waals surface area contributed by atoms with Crippen LogP contribution in [0.4, 0.5) is 0 Å². The molecule has 0 saturated carbocycles. The highest BCUT2D eigenvalue weighted by Gasteiger charge is 2.45. The minimum Gasteiger partial charge on any atom is -0.379 e. The summed E-state index contributed by atoms with van der Waals surface area (Å²) in [5.74, 6) is 0.454. The average molecular weight is 328 g/mol. The highest BCUT2D eigenvalue weighted by atomic mass is 28.3. The van der Waals surface area contributed by atoms with Crippen molar-refractivity contribution >= 4 is 8.24 Å². The van der Waals surface area contributed by atoms with E-state index in [-0.39, 0.29) is 0 Å². The van der Waals surface area contributed by atoms with Crippen molar-refractivity contribution in [1.82, 2.24) is 4.23 Å². The standard InChI is InChI=1S/C21H33NSi/c1-16(2)23(17(3)4,18(5)6)22-14-13-21(15-22)19(7)20-11-9-8-10-12-20/h8-19H,1-7H3. The van der Waals surface area contributed by atoms with Gasteiger partial charge in [-0.2, -0.15) is 0 Å². The van der Waals surface area contributed by atoms with Gasteiger partial charge >= 0.3 is 0 Å². The Balaban J connectivity index is 2.43. The van der Waals surface area contributed by atoms with Crippen LogP contribution in [0, 0.1) is 0 Å². The zero-order chi connectivity index (χ0) is 17.2. The van der Waals surface area contributed by atoms with E-state index in [0.29, 0.717) is 5.92 Å². The Kier molecular flexibility index (Phi) is 5.56. The smallest absolute Gasteiger partial charge is 0.168 e. The molecule has 0 N–H and O–H groups in total. The van der Waals surface area contributed by atoms with Crippen LogP contribution < -0.4 is 0 Å². The molecule has 1 aromatic carbocycles. The monoisotopic (exact) mass is 327 g/mol. The number of hydrogen-bond acceptors (Lipinski definition) is 0. The fraction of sp³-hybridized carbons (Fsp3) is 0.524. The molecule has 2 aromatic rings. The van der Waals surface area contributed by atoms with Crippen LogP contribution in [0.25, 0.3) is 0 Å². The van der Waals surface area contributed by atoms with Gasteiger partial charge < -0.3 is 4.23 Å². The van der Waals surface area contributed by atoms with Gasteiger partial charge in [0.05, 0.1) is 0 Å². The van der Waals surface area contributed by atoms with Crippen LogP contribution in [0.5, 0.6) is 0 Å². The summed E-state index contributed by atoms with van der Waals surface area (Å²) in [6.45, 7) is 16.9. The molecular weight excluding hydrogens is 294 g/mol. The van der Waals surface area contributed by atoms with E-state index in [1.54, 1.807) is 0 Å². The van der Waals surface area contributed by atoms with Crippen molar-refractivity contribution in [1.29, 1.82) is 0 Å². The summed E-state index contributed by atoms with van der Waals surface area (Å²) in [5.41, 5.74) is 5.03. The normalized spacial score (nSPS) is 14.0. The van der Waals surface area contributed by atoms with Gasteiger partial charge in [-0.05, 0) is 46.2 Å². The molecule has 1 unspecified atom stereocenters. The molecule has 2 heteroatoms. The van der Waals surface area contributed by atoms with E-state index in [9.17, 15) is 0 Å². The molecule has 0 radical (unpaired) electrons. The molecule has 0 bridgehead atoms. The second-order valence-corrected chi connectivity index (χ2v) is 13.6. The van der Waals surface area contributed by atoms with Crippen molar-refractivity contribution < 1.29 is 0 Å². The quantitative estimate of drug-likeness (QED) is 0.522. The molecular formula is C21H33NSi. The maximum absolute atomic E-state index is 2.64. The predicted molar refractivity (Wildman–Crippen MR) is 105 cm³/mol. The van der Waals surface area contributed by atoms with Crippen LogP contribution in [-0.2, 0) is 0 Å². The Morgan fingerprint density at radius 3 is 1.70 bits per heavy atom. The first kappa shape index (κ1) is 18.1. The summed E-state index contributed by atoms with van der Waals surface area (Å²) >= 11 is 0. The third kappa shape index (κ3) is 3.19. The second-order valence-electron chi connectivity index (χ2n) is 7.84. The minimum absolute atomic E-state index is 0.454. The van der Waals surface area contributed by atoms with Crippen LogP contribution in [0.15, 0.2) is 48.8 Å². The lowest BCUT2D eigenvalue weighted by Crippen LogP contribution is -2.51. The highest BCUT2D eigenvalue weighted by Crippen LogP contribution is 2.43. The zero-order valence-corrected chi connectivity index (χ0v) is 16.9. The minimum atomic E-state index is -1.61. The summed E-state index contributed by atoms with van der Waals surface area (Å²) in [6, 6.07) is 13.2. The topological polar surface area (TPSA) is 4.93 Å². The van der Waals surface area contributed by atoms with E-state index >= 15 is 0 Å². The third-order valence-corrected chi connectivity index (χ3v) is 12.5. The lowest BCUT2D eigenvalue weighted by Gasteiger charge is -2.44. The van der Waals surface area contributed by atoms with Crippen molar-refractivity contribution in [2.45, 2.75) is 71.0 Å². The van der Waals surface area contributed by atoms with Crippen molar-refractivity contribution in [3.8, 4) is 0 Å². The second kappa shape index (κ2) is 7.08. The first-order valence-electron chi connectivity index (χ1n) is 9.05. The summed E-state index contributed by atoms with van der Waals surface area (Å²) in [7, 11) is -1.61. The van der Waals surface area contributed by atoms with Gasteiger partial charge in [0, 0.05) is 5.92 Å². The maximum atomic E-state index is 2.64. The van der Waals surface area contributed by atoms with Gasteiger partial charge in [-0.25, -0.2) is 0 Å². The van der Waals surface area contributed by atoms with E-state index in [1.807, 2.05) is 0 Å². The molecule has 1 aromatic heterocycles. The summed E-state index contributed by atoms with van der Waals surface area (Å²) in [4.78, 5) is 0. The fourth-order valence-electron chi connectivity index (χ4n) is 4.74. The lowest BCUT2D eigenvalue weighted by molar-refractivity contribution is 0.763. The van der Waals surface area contributed by atoms with Crippen LogP contribution in [0.3, 0.4) is 0 Å². The van der Waals surface area contributed by atoms with E-state index in [1.165, 1.54) is 11.1 Å². The van der Waals surface area contributed by atoms with Crippen LogP contribution in [0.2, 0.25) is 16.6 Å². The molecule has 0 aliphatic heterocycles. The zero-order valence-electron chi connectivity index (χ0n) is 15.9. The predicted octanol–water partition coefficient (Wildman–Crippen LogP) is 6.66. The van der Waals surface area contributed by atoms with Gasteiger partial charge in [0.1, 0.15) is 0 Å². The van der Waals surface area contributed by atoms with Crippen molar-refractivity contribution in [2.75, 3.05) is 0 Å². The molecule has 126 valence electrons. The van der Waals surface area contributed by atoms with Crippen LogP contribution in [-0.4, -0.2) is 12.5 Å². The molecule has 0 saturated heterocycles. The maximum Gasteiger partial charge on any atom is 0.168 e. The summed E-state index contributed by atoms with van der Waals surface area (Å²) in [6.07, 6.45) is 4.81. The highest BCUT2D eigenvalue weighted by molar-refractivity contribution is 6.82. The molecule has 0 aliphatic carbocycles. The van der Waals surface area contributed by atoms with Crippen LogP contribution in [0.1, 0.15) is 65.5 Å². The number of benzene rings is 1. The molecule has 1 nitrogen and oxygen atoms in total. The van der Waals surface area contributed by atoms with Crippen LogP contribution >= 0.6 is 0 Å². The Hall–Kier alpha value is -1.28. The van der Waals surface area contributed by atoms with Gasteiger partial charge in [-0.1, -0.05) is 78.8 Å². The molecule has 0 amide bonds. The largest absolute Gasteiger partial charge is 0.379 e. The molecule has 0 spiro atoms. The molecule has 0 fully saturated rings. The molecule has 23 heavy (non-hydrogen) atoms. The lowest BCUT2D eigenvalue weighted by atomic mass is 9.96. The average Bonchev–Trinajstić information content (AvgIpc) is 2.96. The fourth-order valence-corrected chi connectivity index (χ4v) is 11.2. The molecule has 1 heterocycles. The Bertz CT molecular complexity index is 588. The van der Waals surface area contributed by atoms with Crippen molar-refractivity contribution in [2.24, 2.45) is 0 Å². The first-order chi connectivity index (χ1) is 10.8. The first-order valence-corrected chi connectivity index (χ1v) is 11.2. The van der Waals surface area contributed by atoms with E-state index in [4.69, 9.17) is 0 Å². The Labute approximate surface area is 143 Å². The van der Waals surface area contributed by atoms with Gasteiger partial charge in [-0.15, -0.1) is 0 Å². The summed E-state index contributed by atoms with van der Waals surface area (Å²) in [5, 5.41) is 0. The van der Waals surface area contributed by atoms with E-state index in [2.05, 4.69) is 101 Å². The van der Waals surface area contributed by atoms with Gasteiger partial charge in [0.25, 0.3) is 0 Å². The van der Waals surface area contributed by atoms with Gasteiger partial charge in [0.15, 0.2) is 8.24 Å². The molecule has 1 atom stereocenters.